The molecule has 0 aliphatic carbocycles. The maximum Gasteiger partial charge on any atom is 0.359 e. The number of rotatable bonds is 3. The zero-order valence-electron chi connectivity index (χ0n) is 7.79. The second-order valence-electron chi connectivity index (χ2n) is 2.66. The van der Waals surface area contributed by atoms with Crippen LogP contribution < -0.4 is 5.32 Å². The summed E-state index contributed by atoms with van der Waals surface area (Å²) >= 11 is 0. The first kappa shape index (κ1) is 10.4. The molecule has 0 bridgehead atoms. The number of hydrogen-bond acceptors (Lipinski definition) is 4. The van der Waals surface area contributed by atoms with Crippen LogP contribution in [0, 0.1) is 0 Å². The molecule has 0 aromatic heterocycles. The summed E-state index contributed by atoms with van der Waals surface area (Å²) in [6.45, 7) is 1.67. The molecule has 1 aliphatic rings. The quantitative estimate of drug-likeness (QED) is 0.703. The molecule has 6 heteroatoms. The van der Waals surface area contributed by atoms with Gasteiger partial charge in [0, 0.05) is 19.9 Å². The minimum absolute atomic E-state index is 0.0881. The van der Waals surface area contributed by atoms with Gasteiger partial charge in [-0.2, -0.15) is 0 Å². The highest BCUT2D eigenvalue weighted by Crippen LogP contribution is 2.57. The second-order valence-corrected chi connectivity index (χ2v) is 4.92. The third-order valence-electron chi connectivity index (χ3n) is 1.90. The van der Waals surface area contributed by atoms with Crippen molar-refractivity contribution in [3.8, 4) is 0 Å². The number of hydrogen-bond donors (Lipinski definition) is 1. The highest BCUT2D eigenvalue weighted by atomic mass is 31.2. The predicted octanol–water partition coefficient (Wildman–Crippen LogP) is 1.22. The molecule has 1 rings (SSSR count). The molecule has 0 aromatic carbocycles. The molecule has 0 radical (unpaired) electrons. The molecule has 1 heterocycles. The van der Waals surface area contributed by atoms with Crippen LogP contribution in [0.1, 0.15) is 13.3 Å². The van der Waals surface area contributed by atoms with Crippen LogP contribution in [0.5, 0.6) is 0 Å². The van der Waals surface area contributed by atoms with E-state index in [0.717, 1.165) is 0 Å². The molecule has 5 nitrogen and oxygen atoms in total. The highest BCUT2D eigenvalue weighted by Gasteiger charge is 2.35. The molecule has 1 amide bonds. The SMILES string of the molecule is COP(=O)(OC)C1=C(C)NC(=O)C1. The molecule has 1 N–H and O–H groups in total. The molecular formula is C7H12NO4P. The van der Waals surface area contributed by atoms with Crippen molar-refractivity contribution in [3.05, 3.63) is 11.0 Å². The Morgan fingerprint density at radius 2 is 1.92 bits per heavy atom. The molecule has 0 fully saturated rings. The number of carbonyl (C=O) groups excluding carboxylic acids is 1. The first-order valence-corrected chi connectivity index (χ1v) is 5.29. The number of carbonyl (C=O) groups is 1. The van der Waals surface area contributed by atoms with Gasteiger partial charge in [-0.05, 0) is 6.92 Å². The lowest BCUT2D eigenvalue weighted by Crippen LogP contribution is -2.12. The monoisotopic (exact) mass is 205 g/mol. The smallest absolute Gasteiger partial charge is 0.329 e. The Balaban J connectivity index is 3.00. The van der Waals surface area contributed by atoms with E-state index in [0.29, 0.717) is 11.0 Å². The van der Waals surface area contributed by atoms with Gasteiger partial charge < -0.3 is 14.4 Å². The van der Waals surface area contributed by atoms with Crippen LogP contribution in [0.3, 0.4) is 0 Å². The maximum atomic E-state index is 11.8. The predicted molar refractivity (Wildman–Crippen MR) is 47.1 cm³/mol. The van der Waals surface area contributed by atoms with Gasteiger partial charge in [-0.15, -0.1) is 0 Å². The Morgan fingerprint density at radius 1 is 1.38 bits per heavy atom. The molecule has 0 saturated carbocycles. The van der Waals surface area contributed by atoms with Crippen molar-refractivity contribution in [2.24, 2.45) is 0 Å². The Kier molecular flexibility index (Phi) is 2.91. The van der Waals surface area contributed by atoms with E-state index in [-0.39, 0.29) is 12.3 Å². The van der Waals surface area contributed by atoms with Gasteiger partial charge in [0.2, 0.25) is 5.91 Å². The van der Waals surface area contributed by atoms with E-state index in [1.165, 1.54) is 14.2 Å². The molecule has 1 aliphatic heterocycles. The number of amides is 1. The van der Waals surface area contributed by atoms with E-state index in [1.54, 1.807) is 6.92 Å². The molecule has 0 atom stereocenters. The molecule has 0 aromatic rings. The lowest BCUT2D eigenvalue weighted by molar-refractivity contribution is -0.118. The van der Waals surface area contributed by atoms with Crippen LogP contribution in [-0.4, -0.2) is 20.1 Å². The fourth-order valence-corrected chi connectivity index (χ4v) is 2.60. The number of allylic oxidation sites excluding steroid dienone is 1. The van der Waals surface area contributed by atoms with Gasteiger partial charge in [0.25, 0.3) is 0 Å². The molecule has 13 heavy (non-hydrogen) atoms. The van der Waals surface area contributed by atoms with E-state index in [1.807, 2.05) is 0 Å². The minimum atomic E-state index is -3.23. The average Bonchev–Trinajstić information content (AvgIpc) is 2.44. The molecule has 74 valence electrons. The third kappa shape index (κ3) is 1.82. The minimum Gasteiger partial charge on any atom is -0.329 e. The van der Waals surface area contributed by atoms with Crippen molar-refractivity contribution in [1.29, 1.82) is 0 Å². The summed E-state index contributed by atoms with van der Waals surface area (Å²) < 4.78 is 21.4. The standard InChI is InChI=1S/C7H12NO4P/c1-5-6(4-7(9)8-5)13(10,11-2)12-3/h4H2,1-3H3,(H,8,9). The van der Waals surface area contributed by atoms with Crippen molar-refractivity contribution in [3.63, 3.8) is 0 Å². The van der Waals surface area contributed by atoms with Crippen molar-refractivity contribution >= 4 is 13.5 Å². The van der Waals surface area contributed by atoms with Crippen LogP contribution in [0.2, 0.25) is 0 Å². The van der Waals surface area contributed by atoms with Gasteiger partial charge in [-0.3, -0.25) is 9.36 Å². The summed E-state index contributed by atoms with van der Waals surface area (Å²) in [5.41, 5.74) is 0.567. The lowest BCUT2D eigenvalue weighted by Gasteiger charge is -2.14. The van der Waals surface area contributed by atoms with E-state index in [4.69, 9.17) is 9.05 Å². The van der Waals surface area contributed by atoms with Gasteiger partial charge in [-0.25, -0.2) is 0 Å². The normalized spacial score (nSPS) is 17.9. The van der Waals surface area contributed by atoms with Crippen molar-refractivity contribution < 1.29 is 18.4 Å². The Morgan fingerprint density at radius 3 is 2.23 bits per heavy atom. The van der Waals surface area contributed by atoms with E-state index in [2.05, 4.69) is 5.32 Å². The Labute approximate surface area is 76.6 Å². The lowest BCUT2D eigenvalue weighted by atomic mass is 10.4. The Bertz CT molecular complexity index is 302. The van der Waals surface area contributed by atoms with Crippen molar-refractivity contribution in [2.75, 3.05) is 14.2 Å². The summed E-state index contributed by atoms with van der Waals surface area (Å²) in [4.78, 5) is 11.0. The number of nitrogens with one attached hydrogen (secondary N) is 1. The molecule has 0 spiro atoms. The topological polar surface area (TPSA) is 64.6 Å². The summed E-state index contributed by atoms with van der Waals surface area (Å²) in [5, 5.41) is 2.97. The largest absolute Gasteiger partial charge is 0.359 e. The maximum absolute atomic E-state index is 11.8. The van der Waals surface area contributed by atoms with Crippen LogP contribution in [-0.2, 0) is 18.4 Å². The Hall–Kier alpha value is -0.640. The van der Waals surface area contributed by atoms with Gasteiger partial charge in [0.05, 0.1) is 11.7 Å². The average molecular weight is 205 g/mol. The third-order valence-corrected chi connectivity index (χ3v) is 4.02. The van der Waals surface area contributed by atoms with Crippen LogP contribution in [0.15, 0.2) is 11.0 Å². The zero-order chi connectivity index (χ0) is 10.1. The van der Waals surface area contributed by atoms with Gasteiger partial charge in [-0.1, -0.05) is 0 Å². The van der Waals surface area contributed by atoms with E-state index in [9.17, 15) is 9.36 Å². The van der Waals surface area contributed by atoms with Gasteiger partial charge >= 0.3 is 7.60 Å². The summed E-state index contributed by atoms with van der Waals surface area (Å²) in [5.74, 6) is -0.179. The van der Waals surface area contributed by atoms with Gasteiger partial charge in [0.15, 0.2) is 0 Å². The summed E-state index contributed by atoms with van der Waals surface area (Å²) in [6.07, 6.45) is 0.0881. The zero-order valence-corrected chi connectivity index (χ0v) is 8.68. The van der Waals surface area contributed by atoms with Crippen molar-refractivity contribution in [1.82, 2.24) is 5.32 Å². The second kappa shape index (κ2) is 3.62. The van der Waals surface area contributed by atoms with Crippen molar-refractivity contribution in [2.45, 2.75) is 13.3 Å². The van der Waals surface area contributed by atoms with Crippen LogP contribution in [0.4, 0.5) is 0 Å². The van der Waals surface area contributed by atoms with Crippen LogP contribution >= 0.6 is 7.60 Å². The van der Waals surface area contributed by atoms with Crippen LogP contribution in [0.25, 0.3) is 0 Å². The first-order chi connectivity index (χ1) is 6.03. The fraction of sp³-hybridized carbons (Fsp3) is 0.571. The molecule has 0 unspecified atom stereocenters. The molecular weight excluding hydrogens is 193 g/mol. The summed E-state index contributed by atoms with van der Waals surface area (Å²) in [7, 11) is -0.628. The summed E-state index contributed by atoms with van der Waals surface area (Å²) in [6, 6.07) is 0. The highest BCUT2D eigenvalue weighted by molar-refractivity contribution is 7.58. The molecule has 0 saturated heterocycles. The first-order valence-electron chi connectivity index (χ1n) is 3.75. The van der Waals surface area contributed by atoms with E-state index < -0.39 is 7.60 Å². The fourth-order valence-electron chi connectivity index (χ4n) is 1.21. The van der Waals surface area contributed by atoms with E-state index >= 15 is 0 Å². The van der Waals surface area contributed by atoms with Gasteiger partial charge in [0.1, 0.15) is 0 Å².